The topological polar surface area (TPSA) is 37.8 Å². The number of hydrogen-bond acceptors (Lipinski definition) is 3. The Labute approximate surface area is 104 Å². The Kier molecular flexibility index (Phi) is 4.77. The Bertz CT molecular complexity index is 349. The molecule has 0 aromatic carbocycles. The van der Waals surface area contributed by atoms with Gasteiger partial charge in [-0.25, -0.2) is 9.97 Å². The molecule has 0 spiro atoms. The van der Waals surface area contributed by atoms with Crippen LogP contribution in [0.2, 0.25) is 0 Å². The average Bonchev–Trinajstić information content (AvgIpc) is 2.39. The van der Waals surface area contributed by atoms with Crippen molar-refractivity contribution in [2.24, 2.45) is 0 Å². The van der Waals surface area contributed by atoms with Crippen molar-refractivity contribution in [2.45, 2.75) is 58.3 Å². The van der Waals surface area contributed by atoms with Crippen LogP contribution in [0.3, 0.4) is 0 Å². The fourth-order valence-electron chi connectivity index (χ4n) is 2.43. The number of aryl methyl sites for hydroxylation is 1. The minimum atomic E-state index is 1.05. The second kappa shape index (κ2) is 6.58. The Morgan fingerprint density at radius 1 is 1.12 bits per heavy atom. The summed E-state index contributed by atoms with van der Waals surface area (Å²) in [4.78, 5) is 8.77. The molecule has 0 saturated carbocycles. The molecule has 0 saturated heterocycles. The predicted molar refractivity (Wildman–Crippen MR) is 71.3 cm³/mol. The van der Waals surface area contributed by atoms with E-state index in [2.05, 4.69) is 22.2 Å². The van der Waals surface area contributed by atoms with Gasteiger partial charge in [0.15, 0.2) is 0 Å². The van der Waals surface area contributed by atoms with Crippen LogP contribution in [0, 0.1) is 0 Å². The number of rotatable bonds is 6. The molecular formula is C14H23N3. The van der Waals surface area contributed by atoms with E-state index in [1.807, 2.05) is 0 Å². The second-order valence-electron chi connectivity index (χ2n) is 4.84. The first-order valence-electron chi connectivity index (χ1n) is 6.98. The summed E-state index contributed by atoms with van der Waals surface area (Å²) >= 11 is 0. The normalized spacial score (nSPS) is 14.4. The van der Waals surface area contributed by atoms with Gasteiger partial charge < -0.3 is 5.32 Å². The smallest absolute Gasteiger partial charge is 0.132 e. The molecule has 0 amide bonds. The quantitative estimate of drug-likeness (QED) is 0.766. The molecule has 0 fully saturated rings. The molecule has 0 unspecified atom stereocenters. The zero-order valence-corrected chi connectivity index (χ0v) is 10.8. The van der Waals surface area contributed by atoms with Gasteiger partial charge in [0.25, 0.3) is 0 Å². The number of hydrogen-bond donors (Lipinski definition) is 1. The van der Waals surface area contributed by atoms with Crippen molar-refractivity contribution in [3.05, 3.63) is 17.6 Å². The molecule has 0 aliphatic heterocycles. The molecular weight excluding hydrogens is 210 g/mol. The molecule has 0 atom stereocenters. The van der Waals surface area contributed by atoms with E-state index in [4.69, 9.17) is 0 Å². The Hall–Kier alpha value is -1.12. The molecule has 1 aromatic heterocycles. The lowest BCUT2D eigenvalue weighted by atomic mass is 9.96. The van der Waals surface area contributed by atoms with E-state index in [9.17, 15) is 0 Å². The van der Waals surface area contributed by atoms with Gasteiger partial charge in [0.05, 0.1) is 0 Å². The Balaban J connectivity index is 1.87. The van der Waals surface area contributed by atoms with E-state index in [1.54, 1.807) is 6.33 Å². The van der Waals surface area contributed by atoms with Crippen molar-refractivity contribution in [3.63, 3.8) is 0 Å². The first kappa shape index (κ1) is 12.3. The van der Waals surface area contributed by atoms with E-state index in [0.29, 0.717) is 0 Å². The van der Waals surface area contributed by atoms with Gasteiger partial charge in [-0.15, -0.1) is 0 Å². The maximum Gasteiger partial charge on any atom is 0.132 e. The Morgan fingerprint density at radius 2 is 2.00 bits per heavy atom. The summed E-state index contributed by atoms with van der Waals surface area (Å²) in [5.74, 6) is 1.09. The molecule has 1 aromatic rings. The lowest BCUT2D eigenvalue weighted by Crippen LogP contribution is -2.12. The molecule has 94 valence electrons. The van der Waals surface area contributed by atoms with Crippen molar-refractivity contribution in [2.75, 3.05) is 11.9 Å². The number of aromatic nitrogens is 2. The van der Waals surface area contributed by atoms with E-state index >= 15 is 0 Å². The molecule has 1 aliphatic rings. The number of unbranched alkanes of at least 4 members (excludes halogenated alkanes) is 3. The van der Waals surface area contributed by atoms with Crippen molar-refractivity contribution in [1.29, 1.82) is 0 Å². The summed E-state index contributed by atoms with van der Waals surface area (Å²) in [6.45, 7) is 3.29. The lowest BCUT2D eigenvalue weighted by Gasteiger charge is -2.17. The SMILES string of the molecule is CCCCCCNc1ncnc2c1CCCC2. The van der Waals surface area contributed by atoms with E-state index < -0.39 is 0 Å². The van der Waals surface area contributed by atoms with E-state index in [0.717, 1.165) is 25.2 Å². The van der Waals surface area contributed by atoms with E-state index in [-0.39, 0.29) is 0 Å². The third-order valence-corrected chi connectivity index (χ3v) is 3.45. The standard InChI is InChI=1S/C14H23N3/c1-2-3-4-7-10-15-14-12-8-5-6-9-13(12)16-11-17-14/h11H,2-10H2,1H3,(H,15,16,17). The predicted octanol–water partition coefficient (Wildman–Crippen LogP) is 3.35. The minimum Gasteiger partial charge on any atom is -0.370 e. The van der Waals surface area contributed by atoms with Crippen LogP contribution in [0.5, 0.6) is 0 Å². The van der Waals surface area contributed by atoms with E-state index in [1.165, 1.54) is 49.8 Å². The summed E-state index contributed by atoms with van der Waals surface area (Å²) in [7, 11) is 0. The summed E-state index contributed by atoms with van der Waals surface area (Å²) < 4.78 is 0. The van der Waals surface area contributed by atoms with Crippen LogP contribution in [0.4, 0.5) is 5.82 Å². The minimum absolute atomic E-state index is 1.05. The molecule has 0 bridgehead atoms. The van der Waals surface area contributed by atoms with Crippen molar-refractivity contribution >= 4 is 5.82 Å². The fourth-order valence-corrected chi connectivity index (χ4v) is 2.43. The highest BCUT2D eigenvalue weighted by Gasteiger charge is 2.14. The van der Waals surface area contributed by atoms with Gasteiger partial charge in [-0.2, -0.15) is 0 Å². The first-order chi connectivity index (χ1) is 8.42. The van der Waals surface area contributed by atoms with Crippen LogP contribution in [0.15, 0.2) is 6.33 Å². The highest BCUT2D eigenvalue weighted by atomic mass is 15.0. The maximum absolute atomic E-state index is 4.39. The van der Waals surface area contributed by atoms with Crippen molar-refractivity contribution in [1.82, 2.24) is 9.97 Å². The van der Waals surface area contributed by atoms with Crippen molar-refractivity contribution in [3.8, 4) is 0 Å². The fraction of sp³-hybridized carbons (Fsp3) is 0.714. The zero-order chi connectivity index (χ0) is 11.9. The third kappa shape index (κ3) is 3.42. The van der Waals surface area contributed by atoms with Crippen LogP contribution >= 0.6 is 0 Å². The monoisotopic (exact) mass is 233 g/mol. The average molecular weight is 233 g/mol. The molecule has 1 heterocycles. The summed E-state index contributed by atoms with van der Waals surface area (Å²) in [6.07, 6.45) is 11.7. The summed E-state index contributed by atoms with van der Waals surface area (Å²) in [5.41, 5.74) is 2.64. The van der Waals surface area contributed by atoms with Gasteiger partial charge in [0, 0.05) is 17.8 Å². The molecule has 3 heteroatoms. The van der Waals surface area contributed by atoms with Gasteiger partial charge >= 0.3 is 0 Å². The molecule has 3 nitrogen and oxygen atoms in total. The number of anilines is 1. The second-order valence-corrected chi connectivity index (χ2v) is 4.84. The van der Waals surface area contributed by atoms with Gasteiger partial charge in [0.1, 0.15) is 12.1 Å². The third-order valence-electron chi connectivity index (χ3n) is 3.45. The highest BCUT2D eigenvalue weighted by Crippen LogP contribution is 2.24. The van der Waals surface area contributed by atoms with Crippen LogP contribution < -0.4 is 5.32 Å². The molecule has 0 radical (unpaired) electrons. The summed E-state index contributed by atoms with van der Waals surface area (Å²) in [5, 5.41) is 3.48. The zero-order valence-electron chi connectivity index (χ0n) is 10.8. The lowest BCUT2D eigenvalue weighted by molar-refractivity contribution is 0.659. The first-order valence-corrected chi connectivity index (χ1v) is 6.98. The molecule has 1 N–H and O–H groups in total. The van der Waals surface area contributed by atoms with Crippen LogP contribution in [-0.2, 0) is 12.8 Å². The van der Waals surface area contributed by atoms with Gasteiger partial charge in [-0.1, -0.05) is 26.2 Å². The van der Waals surface area contributed by atoms with Gasteiger partial charge in [-0.3, -0.25) is 0 Å². The largest absolute Gasteiger partial charge is 0.370 e. The number of nitrogens with zero attached hydrogens (tertiary/aromatic N) is 2. The molecule has 1 aliphatic carbocycles. The highest BCUT2D eigenvalue weighted by molar-refractivity contribution is 5.46. The van der Waals surface area contributed by atoms with Crippen LogP contribution in [0.1, 0.15) is 56.7 Å². The van der Waals surface area contributed by atoms with Gasteiger partial charge in [-0.05, 0) is 32.1 Å². The maximum atomic E-state index is 4.39. The van der Waals surface area contributed by atoms with Crippen LogP contribution in [0.25, 0.3) is 0 Å². The summed E-state index contributed by atoms with van der Waals surface area (Å²) in [6, 6.07) is 0. The Morgan fingerprint density at radius 3 is 2.88 bits per heavy atom. The van der Waals surface area contributed by atoms with Crippen molar-refractivity contribution < 1.29 is 0 Å². The number of fused-ring (bicyclic) bond motifs is 1. The number of nitrogens with one attached hydrogen (secondary N) is 1. The molecule has 17 heavy (non-hydrogen) atoms. The molecule has 2 rings (SSSR count). The van der Waals surface area contributed by atoms with Gasteiger partial charge in [0.2, 0.25) is 0 Å². The van der Waals surface area contributed by atoms with Crippen LogP contribution in [-0.4, -0.2) is 16.5 Å².